The van der Waals surface area contributed by atoms with Crippen molar-refractivity contribution < 1.29 is 28.3 Å². The van der Waals surface area contributed by atoms with Crippen LogP contribution in [0.15, 0.2) is 48.5 Å². The van der Waals surface area contributed by atoms with Crippen molar-refractivity contribution in [3.8, 4) is 0 Å². The highest BCUT2D eigenvalue weighted by Gasteiger charge is 2.67. The highest BCUT2D eigenvalue weighted by atomic mass is 19.1. The first-order chi connectivity index (χ1) is 15.2. The fourth-order valence-electron chi connectivity index (χ4n) is 4.72. The minimum absolute atomic E-state index is 0.0877. The summed E-state index contributed by atoms with van der Waals surface area (Å²) in [5.74, 6) is -4.72. The van der Waals surface area contributed by atoms with Crippen molar-refractivity contribution in [1.82, 2.24) is 5.32 Å². The van der Waals surface area contributed by atoms with Gasteiger partial charge in [-0.05, 0) is 39.0 Å². The second-order valence-electron chi connectivity index (χ2n) is 8.19. The molecule has 8 heteroatoms. The zero-order valence-corrected chi connectivity index (χ0v) is 17.9. The van der Waals surface area contributed by atoms with E-state index < -0.39 is 47.0 Å². The van der Waals surface area contributed by atoms with Crippen molar-refractivity contribution in [2.24, 2.45) is 11.8 Å². The van der Waals surface area contributed by atoms with Crippen molar-refractivity contribution >= 4 is 29.3 Å². The molecule has 166 valence electrons. The van der Waals surface area contributed by atoms with Crippen molar-refractivity contribution in [3.05, 3.63) is 65.5 Å². The van der Waals surface area contributed by atoms with E-state index in [0.29, 0.717) is 5.56 Å². The van der Waals surface area contributed by atoms with E-state index in [9.17, 15) is 23.6 Å². The molecular formula is C24H23FN2O5. The van der Waals surface area contributed by atoms with Crippen LogP contribution < -0.4 is 10.2 Å². The van der Waals surface area contributed by atoms with Crippen LogP contribution in [-0.2, 0) is 19.1 Å². The third kappa shape index (κ3) is 3.22. The number of amides is 2. The van der Waals surface area contributed by atoms with Gasteiger partial charge in [0.15, 0.2) is 5.78 Å². The van der Waals surface area contributed by atoms with Crippen molar-refractivity contribution in [2.75, 3.05) is 11.5 Å². The minimum Gasteiger partial charge on any atom is -0.465 e. The van der Waals surface area contributed by atoms with Crippen LogP contribution in [0.5, 0.6) is 0 Å². The molecule has 0 radical (unpaired) electrons. The van der Waals surface area contributed by atoms with Crippen LogP contribution in [0.25, 0.3) is 0 Å². The molecule has 0 bridgehead atoms. The molecular weight excluding hydrogens is 415 g/mol. The molecule has 1 N–H and O–H groups in total. The summed E-state index contributed by atoms with van der Waals surface area (Å²) in [6.45, 7) is 4.62. The summed E-state index contributed by atoms with van der Waals surface area (Å²) in [6, 6.07) is 11.2. The van der Waals surface area contributed by atoms with E-state index in [1.165, 1.54) is 38.1 Å². The number of nitrogens with one attached hydrogen (secondary N) is 1. The van der Waals surface area contributed by atoms with Crippen LogP contribution in [0.2, 0.25) is 0 Å². The first-order valence-corrected chi connectivity index (χ1v) is 10.4. The number of nitrogens with zero attached hydrogens (tertiary/aromatic N) is 1. The molecule has 2 aliphatic rings. The van der Waals surface area contributed by atoms with Crippen molar-refractivity contribution in [1.29, 1.82) is 0 Å². The molecule has 2 fully saturated rings. The first-order valence-electron chi connectivity index (χ1n) is 10.4. The normalized spacial score (nSPS) is 26.9. The summed E-state index contributed by atoms with van der Waals surface area (Å²) in [4.78, 5) is 52.8. The summed E-state index contributed by atoms with van der Waals surface area (Å²) >= 11 is 0. The van der Waals surface area contributed by atoms with Gasteiger partial charge in [-0.25, -0.2) is 9.29 Å². The fourth-order valence-corrected chi connectivity index (χ4v) is 4.72. The molecule has 2 aliphatic heterocycles. The van der Waals surface area contributed by atoms with Gasteiger partial charge in [-0.15, -0.1) is 0 Å². The summed E-state index contributed by atoms with van der Waals surface area (Å²) in [6.07, 6.45) is 0. The molecule has 4 atom stereocenters. The number of rotatable bonds is 5. The average Bonchev–Trinajstić information content (AvgIpc) is 3.22. The number of carbonyl (C=O) groups is 4. The number of anilines is 1. The number of hydrogen-bond acceptors (Lipinski definition) is 6. The van der Waals surface area contributed by atoms with Gasteiger partial charge in [-0.1, -0.05) is 30.3 Å². The van der Waals surface area contributed by atoms with Gasteiger partial charge in [0.05, 0.1) is 24.1 Å². The monoisotopic (exact) mass is 438 g/mol. The quantitative estimate of drug-likeness (QED) is 0.438. The Kier molecular flexibility index (Phi) is 5.42. The molecule has 2 heterocycles. The van der Waals surface area contributed by atoms with Crippen LogP contribution in [0, 0.1) is 17.7 Å². The number of esters is 1. The fraction of sp³-hybridized carbons (Fsp3) is 0.333. The van der Waals surface area contributed by atoms with Crippen molar-refractivity contribution in [2.45, 2.75) is 32.4 Å². The van der Waals surface area contributed by atoms with E-state index in [1.807, 2.05) is 0 Å². The van der Waals surface area contributed by atoms with E-state index in [2.05, 4.69) is 5.32 Å². The van der Waals surface area contributed by atoms with Gasteiger partial charge in [0.1, 0.15) is 11.4 Å². The summed E-state index contributed by atoms with van der Waals surface area (Å²) in [7, 11) is 0. The van der Waals surface area contributed by atoms with Crippen LogP contribution in [-0.4, -0.2) is 35.7 Å². The number of ether oxygens (including phenoxy) is 1. The van der Waals surface area contributed by atoms with Crippen LogP contribution in [0.4, 0.5) is 10.1 Å². The molecule has 0 unspecified atom stereocenters. The lowest BCUT2D eigenvalue weighted by Gasteiger charge is -2.29. The van der Waals surface area contributed by atoms with Gasteiger partial charge >= 0.3 is 5.97 Å². The molecule has 0 saturated carbocycles. The lowest BCUT2D eigenvalue weighted by Crippen LogP contribution is -2.54. The zero-order chi connectivity index (χ0) is 23.2. The maximum Gasteiger partial charge on any atom is 0.326 e. The lowest BCUT2D eigenvalue weighted by molar-refractivity contribution is -0.153. The smallest absolute Gasteiger partial charge is 0.326 e. The molecule has 2 aromatic carbocycles. The Balaban J connectivity index is 1.84. The van der Waals surface area contributed by atoms with E-state index in [-0.39, 0.29) is 23.6 Å². The largest absolute Gasteiger partial charge is 0.465 e. The first kappa shape index (κ1) is 21.8. The standard InChI is InChI=1S/C24H23FN2O5/c1-4-32-23(31)24(3)19-18(20(26-24)16-10-5-6-11-17(16)25)21(29)27(22(19)30)15-9-7-8-14(12-15)13(2)28/h5-12,18-20,26H,4H2,1-3H3/t18-,19-,20+,24+/m0/s1. The second kappa shape index (κ2) is 7.94. The van der Waals surface area contributed by atoms with Crippen LogP contribution in [0.3, 0.4) is 0 Å². The number of imide groups is 1. The minimum atomic E-state index is -1.53. The molecule has 2 aromatic rings. The Bertz CT molecular complexity index is 1130. The highest BCUT2D eigenvalue weighted by molar-refractivity contribution is 6.24. The summed E-state index contributed by atoms with van der Waals surface area (Å²) in [5.41, 5.74) is -0.762. The molecule has 2 saturated heterocycles. The Morgan fingerprint density at radius 2 is 1.84 bits per heavy atom. The van der Waals surface area contributed by atoms with Gasteiger partial charge < -0.3 is 4.74 Å². The van der Waals surface area contributed by atoms with E-state index in [4.69, 9.17) is 4.74 Å². The van der Waals surface area contributed by atoms with Gasteiger partial charge in [0.25, 0.3) is 0 Å². The molecule has 7 nitrogen and oxygen atoms in total. The number of Topliss-reactive ketones (excluding diaryl/α,β-unsaturated/α-hetero) is 1. The number of benzene rings is 2. The molecule has 4 rings (SSSR count). The predicted octanol–water partition coefficient (Wildman–Crippen LogP) is 2.80. The molecule has 0 aromatic heterocycles. The number of fused-ring (bicyclic) bond motifs is 1. The SMILES string of the molecule is CCOC(=O)[C@]1(C)N[C@H](c2ccccc2F)[C@H]2C(=O)N(c3cccc(C(C)=O)c3)C(=O)[C@H]21. The Hall–Kier alpha value is -3.39. The molecule has 0 aliphatic carbocycles. The zero-order valence-electron chi connectivity index (χ0n) is 17.9. The van der Waals surface area contributed by atoms with E-state index in [0.717, 1.165) is 4.90 Å². The van der Waals surface area contributed by atoms with Gasteiger partial charge in [0.2, 0.25) is 11.8 Å². The van der Waals surface area contributed by atoms with Crippen LogP contribution in [0.1, 0.15) is 42.7 Å². The van der Waals surface area contributed by atoms with Gasteiger partial charge in [-0.3, -0.25) is 24.5 Å². The molecule has 2 amide bonds. The summed E-state index contributed by atoms with van der Waals surface area (Å²) < 4.78 is 19.9. The third-order valence-corrected chi connectivity index (χ3v) is 6.24. The second-order valence-corrected chi connectivity index (χ2v) is 8.19. The Morgan fingerprint density at radius 1 is 1.12 bits per heavy atom. The number of carbonyl (C=O) groups excluding carboxylic acids is 4. The van der Waals surface area contributed by atoms with E-state index >= 15 is 0 Å². The maximum absolute atomic E-state index is 14.7. The number of hydrogen-bond donors (Lipinski definition) is 1. The topological polar surface area (TPSA) is 92.8 Å². The third-order valence-electron chi connectivity index (χ3n) is 6.24. The average molecular weight is 438 g/mol. The molecule has 32 heavy (non-hydrogen) atoms. The maximum atomic E-state index is 14.7. The summed E-state index contributed by atoms with van der Waals surface area (Å²) in [5, 5.41) is 3.04. The number of ketones is 1. The highest BCUT2D eigenvalue weighted by Crippen LogP contribution is 2.50. The lowest BCUT2D eigenvalue weighted by atomic mass is 9.80. The Morgan fingerprint density at radius 3 is 2.50 bits per heavy atom. The predicted molar refractivity (Wildman–Crippen MR) is 113 cm³/mol. The van der Waals surface area contributed by atoms with Crippen LogP contribution >= 0.6 is 0 Å². The Labute approximate surface area is 184 Å². The van der Waals surface area contributed by atoms with E-state index in [1.54, 1.807) is 31.2 Å². The van der Waals surface area contributed by atoms with Gasteiger partial charge in [0, 0.05) is 17.2 Å². The van der Waals surface area contributed by atoms with Gasteiger partial charge in [-0.2, -0.15) is 0 Å². The van der Waals surface area contributed by atoms with Crippen molar-refractivity contribution in [3.63, 3.8) is 0 Å². The molecule has 0 spiro atoms. The number of halogens is 1.